The highest BCUT2D eigenvalue weighted by Crippen LogP contribution is 2.43. The molecule has 9 rings (SSSR count). The molecule has 0 amide bonds. The fraction of sp³-hybridized carbons (Fsp3) is 0.191. The Labute approximate surface area is 289 Å². The molecule has 4 heterocycles. The van der Waals surface area contributed by atoms with Crippen molar-refractivity contribution in [2.45, 2.75) is 58.8 Å². The molecule has 0 saturated carbocycles. The minimum absolute atomic E-state index is 0.0299. The summed E-state index contributed by atoms with van der Waals surface area (Å²) in [5, 5.41) is 5.16. The Kier molecular flexibility index (Phi) is 6.43. The lowest BCUT2D eigenvalue weighted by atomic mass is 9.84. The van der Waals surface area contributed by atoms with E-state index in [4.69, 9.17) is 0 Å². The number of pyridine rings is 2. The van der Waals surface area contributed by atoms with Gasteiger partial charge < -0.3 is 0 Å². The van der Waals surface area contributed by atoms with E-state index in [0.29, 0.717) is 0 Å². The van der Waals surface area contributed by atoms with Gasteiger partial charge in [-0.3, -0.25) is 0 Å². The first kappa shape index (κ1) is 29.8. The Morgan fingerprint density at radius 2 is 1.12 bits per heavy atom. The topological polar surface area (TPSA) is 7.76 Å². The standard InChI is InChI=1S/C47H42N2/c1-46(2,3)35-20-22-48-42(27-35)39-24-32(30-12-8-7-9-13-30)17-19-34(39)26-44(48)45-41-29-38-33(18-16-31-14-10-11-15-37(31)38)25-40(41)43-28-36(47(4,5)6)21-23-49(43)45/h7-25,27-29H,26H2,1-6H3/q+2/b45-44+. The van der Waals surface area contributed by atoms with Crippen LogP contribution in [0.5, 0.6) is 0 Å². The van der Waals surface area contributed by atoms with Crippen LogP contribution in [0, 0.1) is 0 Å². The van der Waals surface area contributed by atoms with E-state index in [1.807, 2.05) is 0 Å². The zero-order chi connectivity index (χ0) is 33.7. The molecule has 0 spiro atoms. The minimum Gasteiger partial charge on any atom is -0.158 e. The minimum atomic E-state index is 0.0299. The van der Waals surface area contributed by atoms with Crippen LogP contribution in [0.25, 0.3) is 66.6 Å². The summed E-state index contributed by atoms with van der Waals surface area (Å²) in [4.78, 5) is 0. The molecule has 2 heteroatoms. The van der Waals surface area contributed by atoms with Crippen molar-refractivity contribution in [2.75, 3.05) is 0 Å². The highest BCUT2D eigenvalue weighted by molar-refractivity contribution is 6.10. The summed E-state index contributed by atoms with van der Waals surface area (Å²) in [6.07, 6.45) is 5.49. The first-order valence-corrected chi connectivity index (χ1v) is 17.6. The number of rotatable bonds is 1. The SMILES string of the molecule is CC(C)(C)c1cc[n+]2c(c1)-c1cc(-c3ccccc3)ccc1C/C2=C1/c2cc3c(ccc4ccccc43)cc2-c2cc(C(C)(C)C)cc[n+]21. The van der Waals surface area contributed by atoms with Crippen LogP contribution in [0.15, 0.2) is 134 Å². The summed E-state index contributed by atoms with van der Waals surface area (Å²) < 4.78 is 4.95. The third-order valence-electron chi connectivity index (χ3n) is 10.7. The maximum Gasteiger partial charge on any atom is 0.287 e. The fourth-order valence-corrected chi connectivity index (χ4v) is 7.91. The Morgan fingerprint density at radius 1 is 0.469 bits per heavy atom. The van der Waals surface area contributed by atoms with Crippen LogP contribution in [-0.4, -0.2) is 0 Å². The van der Waals surface area contributed by atoms with Gasteiger partial charge in [-0.25, -0.2) is 0 Å². The smallest absolute Gasteiger partial charge is 0.158 e. The number of benzene rings is 5. The van der Waals surface area contributed by atoms with Crippen molar-refractivity contribution in [3.05, 3.63) is 156 Å². The van der Waals surface area contributed by atoms with E-state index in [0.717, 1.165) is 6.42 Å². The number of hydrogen-bond acceptors (Lipinski definition) is 0. The van der Waals surface area contributed by atoms with Crippen LogP contribution in [0.4, 0.5) is 0 Å². The zero-order valence-corrected chi connectivity index (χ0v) is 29.3. The molecule has 0 unspecified atom stereocenters. The molecule has 2 aliphatic heterocycles. The molecule has 7 aromatic rings. The quantitative estimate of drug-likeness (QED) is 0.125. The van der Waals surface area contributed by atoms with Crippen molar-refractivity contribution < 1.29 is 9.13 Å². The van der Waals surface area contributed by atoms with Crippen LogP contribution >= 0.6 is 0 Å². The molecular formula is C47H42N2+2. The maximum atomic E-state index is 2.48. The second-order valence-corrected chi connectivity index (χ2v) is 16.0. The monoisotopic (exact) mass is 634 g/mol. The molecule has 49 heavy (non-hydrogen) atoms. The highest BCUT2D eigenvalue weighted by atomic mass is 15.1. The van der Waals surface area contributed by atoms with Gasteiger partial charge in [0.05, 0.1) is 23.1 Å². The van der Waals surface area contributed by atoms with Crippen molar-refractivity contribution >= 4 is 32.9 Å². The van der Waals surface area contributed by atoms with Crippen molar-refractivity contribution in [2.24, 2.45) is 0 Å². The third kappa shape index (κ3) is 4.76. The van der Waals surface area contributed by atoms with Crippen molar-refractivity contribution in [3.63, 3.8) is 0 Å². The lowest BCUT2D eigenvalue weighted by Crippen LogP contribution is -2.44. The van der Waals surface area contributed by atoms with Crippen molar-refractivity contribution in [1.29, 1.82) is 0 Å². The molecule has 2 nitrogen and oxygen atoms in total. The van der Waals surface area contributed by atoms with Gasteiger partial charge in [-0.15, -0.1) is 0 Å². The molecule has 238 valence electrons. The first-order valence-electron chi connectivity index (χ1n) is 17.6. The average Bonchev–Trinajstić information content (AvgIpc) is 3.42. The van der Waals surface area contributed by atoms with Crippen LogP contribution in [-0.2, 0) is 17.3 Å². The van der Waals surface area contributed by atoms with Gasteiger partial charge in [0.2, 0.25) is 11.4 Å². The van der Waals surface area contributed by atoms with Crippen LogP contribution in [0.3, 0.4) is 0 Å². The van der Waals surface area contributed by atoms with E-state index in [2.05, 4.69) is 184 Å². The molecule has 2 aromatic heterocycles. The fourth-order valence-electron chi connectivity index (χ4n) is 7.91. The van der Waals surface area contributed by atoms with Gasteiger partial charge in [-0.2, -0.15) is 9.13 Å². The molecule has 0 fully saturated rings. The largest absolute Gasteiger partial charge is 0.287 e. The predicted octanol–water partition coefficient (Wildman–Crippen LogP) is 10.9. The lowest BCUT2D eigenvalue weighted by Gasteiger charge is -2.22. The Hall–Kier alpha value is -5.34. The second-order valence-electron chi connectivity index (χ2n) is 16.0. The normalized spacial score (nSPS) is 15.2. The van der Waals surface area contributed by atoms with E-state index >= 15 is 0 Å². The molecule has 0 bridgehead atoms. The van der Waals surface area contributed by atoms with Crippen LogP contribution < -0.4 is 9.13 Å². The Balaban J connectivity index is 1.36. The van der Waals surface area contributed by atoms with Gasteiger partial charge >= 0.3 is 0 Å². The zero-order valence-electron chi connectivity index (χ0n) is 29.3. The molecular weight excluding hydrogens is 593 g/mol. The summed E-state index contributed by atoms with van der Waals surface area (Å²) in [5.41, 5.74) is 15.6. The van der Waals surface area contributed by atoms with E-state index in [1.165, 1.54) is 88.8 Å². The second kappa shape index (κ2) is 10.6. The van der Waals surface area contributed by atoms with Gasteiger partial charge in [-0.1, -0.05) is 120 Å². The average molecular weight is 635 g/mol. The van der Waals surface area contributed by atoms with Gasteiger partial charge in [0.15, 0.2) is 12.4 Å². The maximum absolute atomic E-state index is 2.48. The van der Waals surface area contributed by atoms with Crippen molar-refractivity contribution in [1.82, 2.24) is 0 Å². The molecule has 0 saturated heterocycles. The summed E-state index contributed by atoms with van der Waals surface area (Å²) in [6.45, 7) is 13.9. The summed E-state index contributed by atoms with van der Waals surface area (Å²) in [6, 6.07) is 45.6. The molecule has 0 radical (unpaired) electrons. The van der Waals surface area contributed by atoms with E-state index in [9.17, 15) is 0 Å². The van der Waals surface area contributed by atoms with Gasteiger partial charge in [-0.05, 0) is 78.4 Å². The lowest BCUT2D eigenvalue weighted by molar-refractivity contribution is -0.597. The van der Waals surface area contributed by atoms with Crippen molar-refractivity contribution in [3.8, 4) is 33.6 Å². The molecule has 0 aliphatic carbocycles. The van der Waals surface area contributed by atoms with E-state index < -0.39 is 0 Å². The Morgan fingerprint density at radius 3 is 1.86 bits per heavy atom. The highest BCUT2D eigenvalue weighted by Gasteiger charge is 2.43. The number of allylic oxidation sites excluding steroid dienone is 1. The summed E-state index contributed by atoms with van der Waals surface area (Å²) >= 11 is 0. The first-order chi connectivity index (χ1) is 23.5. The molecule has 2 aliphatic rings. The number of fused-ring (bicyclic) bond motifs is 9. The third-order valence-corrected chi connectivity index (χ3v) is 10.7. The molecule has 5 aromatic carbocycles. The summed E-state index contributed by atoms with van der Waals surface area (Å²) in [5.74, 6) is 0. The molecule has 0 N–H and O–H groups in total. The van der Waals surface area contributed by atoms with Crippen LogP contribution in [0.2, 0.25) is 0 Å². The van der Waals surface area contributed by atoms with Gasteiger partial charge in [0, 0.05) is 24.3 Å². The van der Waals surface area contributed by atoms with Gasteiger partial charge in [0.25, 0.3) is 11.4 Å². The Bertz CT molecular complexity index is 2520. The van der Waals surface area contributed by atoms with Crippen LogP contribution in [0.1, 0.15) is 63.8 Å². The number of hydrogen-bond donors (Lipinski definition) is 0. The predicted molar refractivity (Wildman–Crippen MR) is 204 cm³/mol. The number of aromatic nitrogens is 2. The molecule has 0 atom stereocenters. The summed E-state index contributed by atoms with van der Waals surface area (Å²) in [7, 11) is 0. The van der Waals surface area contributed by atoms with E-state index in [1.54, 1.807) is 0 Å². The van der Waals surface area contributed by atoms with E-state index in [-0.39, 0.29) is 10.8 Å². The van der Waals surface area contributed by atoms with Gasteiger partial charge in [0.1, 0.15) is 0 Å². The number of nitrogens with zero attached hydrogens (tertiary/aromatic N) is 2.